The van der Waals surface area contributed by atoms with Crippen LogP contribution in [0.1, 0.15) is 38.4 Å². The Bertz CT molecular complexity index is 368. The highest BCUT2D eigenvalue weighted by atomic mass is 16.5. The highest BCUT2D eigenvalue weighted by Gasteiger charge is 2.33. The maximum Gasteiger partial charge on any atom is 0.0978 e. The summed E-state index contributed by atoms with van der Waals surface area (Å²) in [5, 5.41) is 8.91. The highest BCUT2D eigenvalue weighted by molar-refractivity contribution is 5.19. The topological polar surface area (TPSA) is 32.7 Å². The molecule has 0 spiro atoms. The molecule has 0 aliphatic carbocycles. The summed E-state index contributed by atoms with van der Waals surface area (Å²) in [4.78, 5) is 2.51. The molecule has 1 aliphatic heterocycles. The lowest BCUT2D eigenvalue weighted by molar-refractivity contribution is -0.0961. The monoisotopic (exact) mass is 263 g/mol. The van der Waals surface area contributed by atoms with Crippen LogP contribution in [0.15, 0.2) is 30.3 Å². The molecule has 19 heavy (non-hydrogen) atoms. The van der Waals surface area contributed by atoms with Crippen molar-refractivity contribution in [2.75, 3.05) is 19.8 Å². The van der Waals surface area contributed by atoms with Gasteiger partial charge in [-0.25, -0.2) is 0 Å². The van der Waals surface area contributed by atoms with Gasteiger partial charge in [0.05, 0.1) is 12.7 Å². The van der Waals surface area contributed by atoms with E-state index < -0.39 is 0 Å². The molecule has 0 saturated carbocycles. The van der Waals surface area contributed by atoms with Crippen molar-refractivity contribution >= 4 is 0 Å². The third-order valence-electron chi connectivity index (χ3n) is 4.00. The Morgan fingerprint density at radius 3 is 2.63 bits per heavy atom. The van der Waals surface area contributed by atoms with Gasteiger partial charge in [-0.05, 0) is 38.8 Å². The molecule has 3 unspecified atom stereocenters. The summed E-state index contributed by atoms with van der Waals surface area (Å²) in [6.45, 7) is 6.57. The van der Waals surface area contributed by atoms with Crippen molar-refractivity contribution in [2.24, 2.45) is 0 Å². The zero-order valence-electron chi connectivity index (χ0n) is 12.0. The Kier molecular flexibility index (Phi) is 5.37. The van der Waals surface area contributed by atoms with Crippen LogP contribution in [-0.2, 0) is 4.74 Å². The Hall–Kier alpha value is -0.900. The molecule has 1 heterocycles. The van der Waals surface area contributed by atoms with Gasteiger partial charge in [0.1, 0.15) is 0 Å². The first-order valence-corrected chi connectivity index (χ1v) is 7.27. The van der Waals surface area contributed by atoms with Gasteiger partial charge in [-0.1, -0.05) is 30.3 Å². The second-order valence-corrected chi connectivity index (χ2v) is 5.42. The van der Waals surface area contributed by atoms with E-state index in [-0.39, 0.29) is 12.7 Å². The standard InChI is InChI=1S/C16H25NO2/c1-13-12-19-16(15-8-4-3-5-9-15)14(2)17(13)10-6-7-11-18/h3-5,8-9,13-14,16,18H,6-7,10-12H2,1-2H3. The molecule has 1 fully saturated rings. The molecule has 1 N–H and O–H groups in total. The molecule has 2 rings (SSSR count). The summed E-state index contributed by atoms with van der Waals surface area (Å²) in [6, 6.07) is 11.3. The third kappa shape index (κ3) is 3.56. The molecule has 0 bridgehead atoms. The Labute approximate surface area is 116 Å². The normalized spacial score (nSPS) is 28.5. The number of ether oxygens (including phenoxy) is 1. The van der Waals surface area contributed by atoms with E-state index in [0.717, 1.165) is 26.0 Å². The van der Waals surface area contributed by atoms with Crippen LogP contribution in [0.3, 0.4) is 0 Å². The van der Waals surface area contributed by atoms with Gasteiger partial charge in [0.15, 0.2) is 0 Å². The van der Waals surface area contributed by atoms with Crippen LogP contribution in [0.4, 0.5) is 0 Å². The second-order valence-electron chi connectivity index (χ2n) is 5.42. The van der Waals surface area contributed by atoms with E-state index in [2.05, 4.69) is 43.0 Å². The van der Waals surface area contributed by atoms with Crippen LogP contribution >= 0.6 is 0 Å². The largest absolute Gasteiger partial charge is 0.396 e. The minimum atomic E-state index is 0.159. The van der Waals surface area contributed by atoms with Crippen LogP contribution in [-0.4, -0.2) is 41.8 Å². The molecule has 3 atom stereocenters. The highest BCUT2D eigenvalue weighted by Crippen LogP contribution is 2.30. The summed E-state index contributed by atoms with van der Waals surface area (Å²) in [7, 11) is 0. The van der Waals surface area contributed by atoms with Crippen LogP contribution in [0.5, 0.6) is 0 Å². The zero-order chi connectivity index (χ0) is 13.7. The van der Waals surface area contributed by atoms with Gasteiger partial charge in [-0.15, -0.1) is 0 Å². The lowest BCUT2D eigenvalue weighted by atomic mass is 9.98. The number of nitrogens with zero attached hydrogens (tertiary/aromatic N) is 1. The number of hydrogen-bond donors (Lipinski definition) is 1. The number of aliphatic hydroxyl groups excluding tert-OH is 1. The fraction of sp³-hybridized carbons (Fsp3) is 0.625. The molecule has 1 aromatic rings. The molecule has 0 amide bonds. The fourth-order valence-electron chi connectivity index (χ4n) is 2.90. The number of rotatable bonds is 5. The Balaban J connectivity index is 2.03. The number of unbranched alkanes of at least 4 members (excludes halogenated alkanes) is 1. The second kappa shape index (κ2) is 7.04. The molecule has 1 saturated heterocycles. The van der Waals surface area contributed by atoms with Gasteiger partial charge in [0, 0.05) is 18.7 Å². The van der Waals surface area contributed by atoms with Gasteiger partial charge in [0.2, 0.25) is 0 Å². The minimum absolute atomic E-state index is 0.159. The summed E-state index contributed by atoms with van der Waals surface area (Å²) in [5.74, 6) is 0. The van der Waals surface area contributed by atoms with Crippen molar-refractivity contribution in [3.8, 4) is 0 Å². The van der Waals surface area contributed by atoms with E-state index in [0.29, 0.717) is 12.1 Å². The molecule has 1 aromatic carbocycles. The predicted molar refractivity (Wildman–Crippen MR) is 77.1 cm³/mol. The van der Waals surface area contributed by atoms with Crippen molar-refractivity contribution in [1.82, 2.24) is 4.90 Å². The third-order valence-corrected chi connectivity index (χ3v) is 4.00. The number of benzene rings is 1. The molecule has 3 nitrogen and oxygen atoms in total. The first-order valence-electron chi connectivity index (χ1n) is 7.27. The van der Waals surface area contributed by atoms with Crippen molar-refractivity contribution in [3.63, 3.8) is 0 Å². The number of aliphatic hydroxyl groups is 1. The average Bonchev–Trinajstić information content (AvgIpc) is 2.43. The molecule has 3 heteroatoms. The van der Waals surface area contributed by atoms with E-state index in [1.165, 1.54) is 5.56 Å². The SMILES string of the molecule is CC1COC(c2ccccc2)C(C)N1CCCCO. The summed E-state index contributed by atoms with van der Waals surface area (Å²) in [6.07, 6.45) is 2.09. The Morgan fingerprint density at radius 2 is 1.95 bits per heavy atom. The lowest BCUT2D eigenvalue weighted by Crippen LogP contribution is -2.51. The van der Waals surface area contributed by atoms with Crippen LogP contribution in [0, 0.1) is 0 Å². The summed E-state index contributed by atoms with van der Waals surface area (Å²) in [5.41, 5.74) is 1.26. The minimum Gasteiger partial charge on any atom is -0.396 e. The van der Waals surface area contributed by atoms with Crippen molar-refractivity contribution in [3.05, 3.63) is 35.9 Å². The van der Waals surface area contributed by atoms with E-state index >= 15 is 0 Å². The predicted octanol–water partition coefficient (Wildman–Crippen LogP) is 2.61. The summed E-state index contributed by atoms with van der Waals surface area (Å²) >= 11 is 0. The average molecular weight is 263 g/mol. The summed E-state index contributed by atoms with van der Waals surface area (Å²) < 4.78 is 6.03. The van der Waals surface area contributed by atoms with Crippen LogP contribution < -0.4 is 0 Å². The van der Waals surface area contributed by atoms with E-state index in [1.54, 1.807) is 0 Å². The molecule has 0 radical (unpaired) electrons. The molecule has 1 aliphatic rings. The van der Waals surface area contributed by atoms with Gasteiger partial charge >= 0.3 is 0 Å². The van der Waals surface area contributed by atoms with E-state index in [4.69, 9.17) is 9.84 Å². The quantitative estimate of drug-likeness (QED) is 0.829. The van der Waals surface area contributed by atoms with Gasteiger partial charge in [0.25, 0.3) is 0 Å². The van der Waals surface area contributed by atoms with Gasteiger partial charge < -0.3 is 9.84 Å². The van der Waals surface area contributed by atoms with Crippen LogP contribution in [0.2, 0.25) is 0 Å². The maximum absolute atomic E-state index is 8.91. The first kappa shape index (κ1) is 14.5. The molecular weight excluding hydrogens is 238 g/mol. The first-order chi connectivity index (χ1) is 9.24. The molecule has 106 valence electrons. The fourth-order valence-corrected chi connectivity index (χ4v) is 2.90. The van der Waals surface area contributed by atoms with Crippen molar-refractivity contribution < 1.29 is 9.84 Å². The van der Waals surface area contributed by atoms with Gasteiger partial charge in [-0.2, -0.15) is 0 Å². The van der Waals surface area contributed by atoms with Gasteiger partial charge in [-0.3, -0.25) is 4.90 Å². The van der Waals surface area contributed by atoms with Crippen molar-refractivity contribution in [1.29, 1.82) is 0 Å². The van der Waals surface area contributed by atoms with E-state index in [9.17, 15) is 0 Å². The molecule has 0 aromatic heterocycles. The lowest BCUT2D eigenvalue weighted by Gasteiger charge is -2.44. The molecular formula is C16H25NO2. The van der Waals surface area contributed by atoms with E-state index in [1.807, 2.05) is 6.07 Å². The maximum atomic E-state index is 8.91. The smallest absolute Gasteiger partial charge is 0.0978 e. The number of morpholine rings is 1. The Morgan fingerprint density at radius 1 is 1.21 bits per heavy atom. The van der Waals surface area contributed by atoms with Crippen LogP contribution in [0.25, 0.3) is 0 Å². The zero-order valence-corrected chi connectivity index (χ0v) is 12.0. The van der Waals surface area contributed by atoms with Crippen molar-refractivity contribution in [2.45, 2.75) is 44.9 Å². The number of hydrogen-bond acceptors (Lipinski definition) is 3.